The molecule has 0 radical (unpaired) electrons. The molecule has 0 bridgehead atoms. The van der Waals surface area contributed by atoms with Gasteiger partial charge in [0.1, 0.15) is 5.82 Å². The van der Waals surface area contributed by atoms with Gasteiger partial charge >= 0.3 is 0 Å². The number of nitrogens with zero attached hydrogens (tertiary/aromatic N) is 3. The Bertz CT molecular complexity index is 445. The van der Waals surface area contributed by atoms with Crippen molar-refractivity contribution in [2.24, 2.45) is 12.8 Å². The molecule has 0 fully saturated rings. The number of aryl methyl sites for hydroxylation is 1. The summed E-state index contributed by atoms with van der Waals surface area (Å²) in [6.45, 7) is 6.49. The minimum absolute atomic E-state index is 0.275. The van der Waals surface area contributed by atoms with Gasteiger partial charge in [0, 0.05) is 19.4 Å². The summed E-state index contributed by atoms with van der Waals surface area (Å²) >= 11 is 0. The van der Waals surface area contributed by atoms with E-state index in [1.54, 1.807) is 0 Å². The van der Waals surface area contributed by atoms with Crippen LogP contribution in [0.15, 0.2) is 12.4 Å². The van der Waals surface area contributed by atoms with Gasteiger partial charge in [-0.25, -0.2) is 4.98 Å². The standard InChI is InChI=1S/C15H29N5O/c1-5-8-18-15(2,14(16)21)7-6-10-19(3)12-13-17-9-11-20(13)4/h9,11,18H,5-8,10,12H2,1-4H3,(H2,16,21). The van der Waals surface area contributed by atoms with Crippen LogP contribution in [0.2, 0.25) is 0 Å². The number of carbonyl (C=O) groups is 1. The molecule has 1 aromatic heterocycles. The van der Waals surface area contributed by atoms with Gasteiger partial charge in [0.2, 0.25) is 5.91 Å². The van der Waals surface area contributed by atoms with Crippen LogP contribution in [0.5, 0.6) is 0 Å². The number of nitrogens with one attached hydrogen (secondary N) is 1. The third-order valence-corrected chi connectivity index (χ3v) is 3.86. The van der Waals surface area contributed by atoms with E-state index >= 15 is 0 Å². The van der Waals surface area contributed by atoms with Crippen LogP contribution in [0.1, 0.15) is 38.9 Å². The van der Waals surface area contributed by atoms with Gasteiger partial charge in [-0.2, -0.15) is 0 Å². The Morgan fingerprint density at radius 3 is 2.81 bits per heavy atom. The molecule has 0 saturated heterocycles. The number of imidazole rings is 1. The average Bonchev–Trinajstić information content (AvgIpc) is 2.81. The third-order valence-electron chi connectivity index (χ3n) is 3.86. The Kier molecular flexibility index (Phi) is 6.84. The molecule has 21 heavy (non-hydrogen) atoms. The molecule has 0 aromatic carbocycles. The third kappa shape index (κ3) is 5.47. The van der Waals surface area contributed by atoms with E-state index in [1.807, 2.05) is 30.9 Å². The lowest BCUT2D eigenvalue weighted by atomic mass is 9.94. The van der Waals surface area contributed by atoms with Crippen LogP contribution >= 0.6 is 0 Å². The molecule has 1 amide bonds. The van der Waals surface area contributed by atoms with Crippen molar-refractivity contribution in [3.63, 3.8) is 0 Å². The Morgan fingerprint density at radius 2 is 2.29 bits per heavy atom. The molecule has 0 aliphatic carbocycles. The Balaban J connectivity index is 2.39. The van der Waals surface area contributed by atoms with E-state index in [2.05, 4.69) is 29.2 Å². The second-order valence-electron chi connectivity index (χ2n) is 5.92. The van der Waals surface area contributed by atoms with E-state index in [1.165, 1.54) is 0 Å². The van der Waals surface area contributed by atoms with E-state index in [4.69, 9.17) is 5.73 Å². The maximum Gasteiger partial charge on any atom is 0.237 e. The topological polar surface area (TPSA) is 76.2 Å². The minimum Gasteiger partial charge on any atom is -0.368 e. The van der Waals surface area contributed by atoms with Gasteiger partial charge in [-0.15, -0.1) is 0 Å². The van der Waals surface area contributed by atoms with Crippen molar-refractivity contribution in [2.45, 2.75) is 45.2 Å². The predicted molar refractivity (Wildman–Crippen MR) is 84.7 cm³/mol. The van der Waals surface area contributed by atoms with Gasteiger partial charge in [-0.05, 0) is 46.3 Å². The molecule has 0 spiro atoms. The molecule has 1 aromatic rings. The number of carbonyl (C=O) groups excluding carboxylic acids is 1. The van der Waals surface area contributed by atoms with Crippen LogP contribution in [0.3, 0.4) is 0 Å². The number of aromatic nitrogens is 2. The molecule has 0 aliphatic rings. The highest BCUT2D eigenvalue weighted by molar-refractivity contribution is 5.84. The van der Waals surface area contributed by atoms with Crippen molar-refractivity contribution >= 4 is 5.91 Å². The minimum atomic E-state index is -0.611. The van der Waals surface area contributed by atoms with Crippen molar-refractivity contribution in [1.82, 2.24) is 19.8 Å². The Hall–Kier alpha value is -1.40. The van der Waals surface area contributed by atoms with Crippen LogP contribution in [0, 0.1) is 0 Å². The lowest BCUT2D eigenvalue weighted by Gasteiger charge is -2.28. The quantitative estimate of drug-likeness (QED) is 0.672. The summed E-state index contributed by atoms with van der Waals surface area (Å²) in [6, 6.07) is 0. The van der Waals surface area contributed by atoms with Crippen LogP contribution in [0.4, 0.5) is 0 Å². The number of amides is 1. The summed E-state index contributed by atoms with van der Waals surface area (Å²) in [6.07, 6.45) is 6.40. The fourth-order valence-electron chi connectivity index (χ4n) is 2.27. The molecule has 0 aliphatic heterocycles. The van der Waals surface area contributed by atoms with Crippen LogP contribution in [-0.2, 0) is 18.4 Å². The fourth-order valence-corrected chi connectivity index (χ4v) is 2.27. The first kappa shape index (κ1) is 17.7. The fraction of sp³-hybridized carbons (Fsp3) is 0.733. The molecule has 1 heterocycles. The van der Waals surface area contributed by atoms with Crippen molar-refractivity contribution in [3.8, 4) is 0 Å². The van der Waals surface area contributed by atoms with Gasteiger partial charge in [0.25, 0.3) is 0 Å². The molecule has 1 unspecified atom stereocenters. The summed E-state index contributed by atoms with van der Waals surface area (Å²) in [5.74, 6) is 0.766. The normalized spacial score (nSPS) is 14.3. The number of hydrogen-bond acceptors (Lipinski definition) is 4. The maximum atomic E-state index is 11.6. The van der Waals surface area contributed by atoms with Crippen LogP contribution in [-0.4, -0.2) is 46.0 Å². The predicted octanol–water partition coefficient (Wildman–Crippen LogP) is 0.876. The first-order valence-corrected chi connectivity index (χ1v) is 7.58. The van der Waals surface area contributed by atoms with E-state index < -0.39 is 5.54 Å². The lowest BCUT2D eigenvalue weighted by Crippen LogP contribution is -2.53. The summed E-state index contributed by atoms with van der Waals surface area (Å²) < 4.78 is 2.02. The van der Waals surface area contributed by atoms with E-state index in [0.717, 1.165) is 44.7 Å². The molecule has 120 valence electrons. The molecule has 1 atom stereocenters. The largest absolute Gasteiger partial charge is 0.368 e. The molecule has 6 nitrogen and oxygen atoms in total. The Labute approximate surface area is 127 Å². The first-order valence-electron chi connectivity index (χ1n) is 7.58. The van der Waals surface area contributed by atoms with Gasteiger partial charge in [-0.3, -0.25) is 9.69 Å². The molecular formula is C15H29N5O. The number of nitrogens with two attached hydrogens (primary N) is 1. The molecular weight excluding hydrogens is 266 g/mol. The monoisotopic (exact) mass is 295 g/mol. The molecule has 1 rings (SSSR count). The van der Waals surface area contributed by atoms with E-state index in [9.17, 15) is 4.79 Å². The second kappa shape index (κ2) is 8.14. The molecule has 6 heteroatoms. The average molecular weight is 295 g/mol. The zero-order valence-corrected chi connectivity index (χ0v) is 13.7. The van der Waals surface area contributed by atoms with E-state index in [-0.39, 0.29) is 5.91 Å². The summed E-state index contributed by atoms with van der Waals surface area (Å²) in [5.41, 5.74) is 4.92. The second-order valence-corrected chi connectivity index (χ2v) is 5.92. The van der Waals surface area contributed by atoms with Crippen molar-refractivity contribution in [2.75, 3.05) is 20.1 Å². The zero-order valence-electron chi connectivity index (χ0n) is 13.7. The summed E-state index contributed by atoms with van der Waals surface area (Å²) in [7, 11) is 4.06. The number of primary amides is 1. The Morgan fingerprint density at radius 1 is 1.57 bits per heavy atom. The number of hydrogen-bond donors (Lipinski definition) is 2. The zero-order chi connectivity index (χ0) is 15.9. The smallest absolute Gasteiger partial charge is 0.237 e. The van der Waals surface area contributed by atoms with E-state index in [0.29, 0.717) is 0 Å². The van der Waals surface area contributed by atoms with Crippen molar-refractivity contribution in [3.05, 3.63) is 18.2 Å². The number of rotatable bonds is 10. The molecule has 3 N–H and O–H groups in total. The highest BCUT2D eigenvalue weighted by Gasteiger charge is 2.29. The van der Waals surface area contributed by atoms with Crippen LogP contribution < -0.4 is 11.1 Å². The van der Waals surface area contributed by atoms with Gasteiger partial charge < -0.3 is 15.6 Å². The van der Waals surface area contributed by atoms with Crippen LogP contribution in [0.25, 0.3) is 0 Å². The molecule has 0 saturated carbocycles. The highest BCUT2D eigenvalue weighted by atomic mass is 16.1. The first-order chi connectivity index (χ1) is 9.89. The van der Waals surface area contributed by atoms with Gasteiger partial charge in [0.15, 0.2) is 0 Å². The highest BCUT2D eigenvalue weighted by Crippen LogP contribution is 2.13. The SMILES string of the molecule is CCCNC(C)(CCCN(C)Cc1nccn1C)C(N)=O. The summed E-state index contributed by atoms with van der Waals surface area (Å²) in [4.78, 5) is 18.2. The lowest BCUT2D eigenvalue weighted by molar-refractivity contribution is -0.124. The van der Waals surface area contributed by atoms with Gasteiger partial charge in [-0.1, -0.05) is 6.92 Å². The maximum absolute atomic E-state index is 11.6. The van der Waals surface area contributed by atoms with Crippen molar-refractivity contribution in [1.29, 1.82) is 0 Å². The summed E-state index contributed by atoms with van der Waals surface area (Å²) in [5, 5.41) is 3.26. The van der Waals surface area contributed by atoms with Crippen molar-refractivity contribution < 1.29 is 4.79 Å². The van der Waals surface area contributed by atoms with Gasteiger partial charge in [0.05, 0.1) is 12.1 Å².